The Morgan fingerprint density at radius 3 is 2.35 bits per heavy atom. The van der Waals surface area contributed by atoms with Crippen molar-refractivity contribution in [2.75, 3.05) is 7.05 Å². The Morgan fingerprint density at radius 2 is 1.73 bits per heavy atom. The minimum absolute atomic E-state index is 0.00897. The fourth-order valence-corrected chi connectivity index (χ4v) is 3.24. The number of sulfonamides is 1. The van der Waals surface area contributed by atoms with Crippen molar-refractivity contribution in [3.05, 3.63) is 64.4 Å². The molecule has 0 aliphatic carbocycles. The molecule has 0 aliphatic rings. The monoisotopic (exact) mass is 399 g/mol. The number of carbonyl (C=O) groups excluding carboxylic acids is 2. The van der Waals surface area contributed by atoms with Crippen molar-refractivity contribution in [3.63, 3.8) is 0 Å². The number of benzene rings is 2. The molecular formula is C16H15ClFN3O4S. The molecule has 0 aliphatic heterocycles. The predicted molar refractivity (Wildman–Crippen MR) is 93.4 cm³/mol. The van der Waals surface area contributed by atoms with Gasteiger partial charge in [0.15, 0.2) is 0 Å². The molecule has 0 spiro atoms. The van der Waals surface area contributed by atoms with Crippen LogP contribution in [0.1, 0.15) is 15.9 Å². The maximum atomic E-state index is 12.8. The van der Waals surface area contributed by atoms with E-state index in [9.17, 15) is 22.4 Å². The molecule has 3 N–H and O–H groups in total. The van der Waals surface area contributed by atoms with Crippen molar-refractivity contribution in [2.24, 2.45) is 0 Å². The topological polar surface area (TPSA) is 104 Å². The maximum Gasteiger partial charge on any atom is 0.269 e. The standard InChI is InChI=1S/C16H15ClFN3O4S/c1-19-26(24,25)14-9-11(4-7-13(14)17)16(23)21-20-15(22)8-10-2-5-12(18)6-3-10/h2-7,9,19H,8H2,1H3,(H,20,22)(H,21,23). The minimum atomic E-state index is -3.84. The molecule has 0 fully saturated rings. The van der Waals surface area contributed by atoms with Crippen molar-refractivity contribution in [3.8, 4) is 0 Å². The van der Waals surface area contributed by atoms with E-state index in [2.05, 4.69) is 15.6 Å². The molecule has 2 aromatic carbocycles. The Kier molecular flexibility index (Phi) is 6.30. The molecule has 0 radical (unpaired) electrons. The van der Waals surface area contributed by atoms with Crippen LogP contribution < -0.4 is 15.6 Å². The molecule has 0 bridgehead atoms. The van der Waals surface area contributed by atoms with E-state index in [0.29, 0.717) is 5.56 Å². The summed E-state index contributed by atoms with van der Waals surface area (Å²) in [5, 5.41) is -0.0451. The summed E-state index contributed by atoms with van der Waals surface area (Å²) >= 11 is 5.85. The average molecular weight is 400 g/mol. The van der Waals surface area contributed by atoms with Crippen molar-refractivity contribution >= 4 is 33.4 Å². The molecule has 0 saturated carbocycles. The van der Waals surface area contributed by atoms with Crippen LogP contribution in [0.5, 0.6) is 0 Å². The quantitative estimate of drug-likeness (QED) is 0.661. The molecule has 2 aromatic rings. The molecule has 10 heteroatoms. The highest BCUT2D eigenvalue weighted by molar-refractivity contribution is 7.89. The number of amides is 2. The summed E-state index contributed by atoms with van der Waals surface area (Å²) in [6.45, 7) is 0. The third-order valence-corrected chi connectivity index (χ3v) is 5.24. The lowest BCUT2D eigenvalue weighted by atomic mass is 10.1. The highest BCUT2D eigenvalue weighted by Crippen LogP contribution is 2.22. The molecule has 7 nitrogen and oxygen atoms in total. The third-order valence-electron chi connectivity index (χ3n) is 3.35. The molecule has 0 unspecified atom stereocenters. The van der Waals surface area contributed by atoms with Crippen LogP contribution in [0.25, 0.3) is 0 Å². The van der Waals surface area contributed by atoms with Gasteiger partial charge in [0.05, 0.1) is 11.4 Å². The first-order valence-corrected chi connectivity index (χ1v) is 9.16. The number of hydrogen-bond donors (Lipinski definition) is 3. The predicted octanol–water partition coefficient (Wildman–Crippen LogP) is 1.39. The summed E-state index contributed by atoms with van der Waals surface area (Å²) < 4.78 is 38.7. The van der Waals surface area contributed by atoms with Gasteiger partial charge in [0, 0.05) is 5.56 Å². The van der Waals surface area contributed by atoms with Crippen LogP contribution in [0, 0.1) is 5.82 Å². The first kappa shape index (κ1) is 19.8. The number of nitrogens with one attached hydrogen (secondary N) is 3. The van der Waals surface area contributed by atoms with Gasteiger partial charge in [0.2, 0.25) is 15.9 Å². The van der Waals surface area contributed by atoms with E-state index in [1.54, 1.807) is 0 Å². The lowest BCUT2D eigenvalue weighted by molar-refractivity contribution is -0.121. The number of halogens is 2. The second-order valence-electron chi connectivity index (χ2n) is 5.16. The van der Waals surface area contributed by atoms with Gasteiger partial charge in [-0.2, -0.15) is 0 Å². The first-order chi connectivity index (χ1) is 12.2. The van der Waals surface area contributed by atoms with E-state index in [1.807, 2.05) is 0 Å². The van der Waals surface area contributed by atoms with E-state index in [0.717, 1.165) is 6.07 Å². The van der Waals surface area contributed by atoms with Crippen molar-refractivity contribution < 1.29 is 22.4 Å². The largest absolute Gasteiger partial charge is 0.273 e. The van der Waals surface area contributed by atoms with Gasteiger partial charge >= 0.3 is 0 Å². The van der Waals surface area contributed by atoms with Crippen LogP contribution in [0.15, 0.2) is 47.4 Å². The highest BCUT2D eigenvalue weighted by atomic mass is 35.5. The number of rotatable bonds is 5. The molecule has 0 atom stereocenters. The second-order valence-corrected chi connectivity index (χ2v) is 7.42. The van der Waals surface area contributed by atoms with Crippen LogP contribution in [-0.4, -0.2) is 27.3 Å². The smallest absolute Gasteiger partial charge is 0.269 e. The zero-order valence-electron chi connectivity index (χ0n) is 13.5. The van der Waals surface area contributed by atoms with E-state index >= 15 is 0 Å². The average Bonchev–Trinajstić information content (AvgIpc) is 2.62. The summed E-state index contributed by atoms with van der Waals surface area (Å²) in [7, 11) is -2.62. The summed E-state index contributed by atoms with van der Waals surface area (Å²) in [6, 6.07) is 9.02. The van der Waals surface area contributed by atoms with Gasteiger partial charge in [0.1, 0.15) is 10.7 Å². The van der Waals surface area contributed by atoms with E-state index in [1.165, 1.54) is 43.4 Å². The van der Waals surface area contributed by atoms with Gasteiger partial charge < -0.3 is 0 Å². The van der Waals surface area contributed by atoms with Crippen molar-refractivity contribution in [1.29, 1.82) is 0 Å². The van der Waals surface area contributed by atoms with E-state index < -0.39 is 27.7 Å². The van der Waals surface area contributed by atoms with Crippen LogP contribution in [0.2, 0.25) is 5.02 Å². The van der Waals surface area contributed by atoms with Gasteiger partial charge in [0.25, 0.3) is 5.91 Å². The van der Waals surface area contributed by atoms with Crippen LogP contribution in [0.3, 0.4) is 0 Å². The van der Waals surface area contributed by atoms with Crippen molar-refractivity contribution in [2.45, 2.75) is 11.3 Å². The molecule has 2 rings (SSSR count). The second kappa shape index (κ2) is 8.26. The lowest BCUT2D eigenvalue weighted by Gasteiger charge is -2.10. The summed E-state index contributed by atoms with van der Waals surface area (Å²) in [6.07, 6.45) is -0.0689. The lowest BCUT2D eigenvalue weighted by Crippen LogP contribution is -2.42. The zero-order chi connectivity index (χ0) is 19.3. The van der Waals surface area contributed by atoms with Crippen LogP contribution >= 0.6 is 11.6 Å². The fourth-order valence-electron chi connectivity index (χ4n) is 1.99. The zero-order valence-corrected chi connectivity index (χ0v) is 15.1. The van der Waals surface area contributed by atoms with Gasteiger partial charge in [-0.15, -0.1) is 0 Å². The van der Waals surface area contributed by atoms with Gasteiger partial charge in [-0.1, -0.05) is 23.7 Å². The highest BCUT2D eigenvalue weighted by Gasteiger charge is 2.18. The normalized spacial score (nSPS) is 11.0. The van der Waals surface area contributed by atoms with E-state index in [4.69, 9.17) is 11.6 Å². The molecule has 0 heterocycles. The van der Waals surface area contributed by atoms with Crippen LogP contribution in [-0.2, 0) is 21.2 Å². The van der Waals surface area contributed by atoms with Gasteiger partial charge in [-0.05, 0) is 42.9 Å². The Balaban J connectivity index is 2.02. The van der Waals surface area contributed by atoms with Crippen molar-refractivity contribution in [1.82, 2.24) is 15.6 Å². The Labute approximate surface area is 154 Å². The first-order valence-electron chi connectivity index (χ1n) is 7.29. The summed E-state index contributed by atoms with van der Waals surface area (Å²) in [5.41, 5.74) is 4.93. The van der Waals surface area contributed by atoms with Gasteiger partial charge in [-0.3, -0.25) is 20.4 Å². The molecule has 0 aromatic heterocycles. The van der Waals surface area contributed by atoms with Gasteiger partial charge in [-0.25, -0.2) is 17.5 Å². The number of hydrazine groups is 1. The summed E-state index contributed by atoms with van der Waals surface area (Å²) in [5.74, 6) is -1.67. The molecule has 0 saturated heterocycles. The number of hydrogen-bond acceptors (Lipinski definition) is 4. The SMILES string of the molecule is CNS(=O)(=O)c1cc(C(=O)NNC(=O)Cc2ccc(F)cc2)ccc1Cl. The summed E-state index contributed by atoms with van der Waals surface area (Å²) in [4.78, 5) is 23.6. The van der Waals surface area contributed by atoms with Crippen LogP contribution in [0.4, 0.5) is 4.39 Å². The molecule has 2 amide bonds. The molecule has 138 valence electrons. The Bertz CT molecular complexity index is 933. The maximum absolute atomic E-state index is 12.8. The minimum Gasteiger partial charge on any atom is -0.273 e. The molecular weight excluding hydrogens is 385 g/mol. The van der Waals surface area contributed by atoms with E-state index in [-0.39, 0.29) is 21.9 Å². The molecule has 26 heavy (non-hydrogen) atoms. The Hall–Kier alpha value is -2.49. The Morgan fingerprint density at radius 1 is 1.08 bits per heavy atom. The third kappa shape index (κ3) is 5.01. The number of carbonyl (C=O) groups is 2. The fraction of sp³-hybridized carbons (Fsp3) is 0.125.